The predicted molar refractivity (Wildman–Crippen MR) is 139 cm³/mol. The van der Waals surface area contributed by atoms with Gasteiger partial charge in [-0.15, -0.1) is 11.3 Å². The van der Waals surface area contributed by atoms with Crippen molar-refractivity contribution in [3.63, 3.8) is 0 Å². The van der Waals surface area contributed by atoms with E-state index in [1.54, 1.807) is 23.5 Å². The van der Waals surface area contributed by atoms with Gasteiger partial charge in [-0.25, -0.2) is 4.39 Å². The Bertz CT molecular complexity index is 1130. The fraction of sp³-hybridized carbons (Fsp3) is 0.346. The molecule has 0 radical (unpaired) electrons. The van der Waals surface area contributed by atoms with Crippen LogP contribution in [0.2, 0.25) is 0 Å². The van der Waals surface area contributed by atoms with E-state index >= 15 is 0 Å². The van der Waals surface area contributed by atoms with Crippen molar-refractivity contribution in [2.45, 2.75) is 38.6 Å². The van der Waals surface area contributed by atoms with Crippen LogP contribution in [0.4, 0.5) is 4.39 Å². The highest BCUT2D eigenvalue weighted by Crippen LogP contribution is 2.29. The lowest BCUT2D eigenvalue weighted by atomic mass is 9.90. The fourth-order valence-corrected chi connectivity index (χ4v) is 5.17. The number of piperidine rings is 1. The number of carbonyl (C=O) groups is 1. The average molecular weight is 497 g/mol. The molecule has 178 valence electrons. The van der Waals surface area contributed by atoms with Gasteiger partial charge in [-0.1, -0.05) is 24.3 Å². The number of aryl methyl sites for hydroxylation is 1. The predicted octanol–water partition coefficient (Wildman–Crippen LogP) is 4.82. The van der Waals surface area contributed by atoms with E-state index in [0.717, 1.165) is 43.7 Å². The van der Waals surface area contributed by atoms with Crippen molar-refractivity contribution >= 4 is 34.6 Å². The van der Waals surface area contributed by atoms with Gasteiger partial charge in [0.1, 0.15) is 5.82 Å². The first-order valence-corrected chi connectivity index (χ1v) is 12.8. The highest BCUT2D eigenvalue weighted by atomic mass is 32.1. The fourth-order valence-electron chi connectivity index (χ4n) is 4.21. The number of halogens is 1. The second kappa shape index (κ2) is 11.5. The van der Waals surface area contributed by atoms with Crippen LogP contribution in [-0.4, -0.2) is 40.5 Å². The summed E-state index contributed by atoms with van der Waals surface area (Å²) in [6.07, 6.45) is 2.54. The molecule has 1 amide bonds. The van der Waals surface area contributed by atoms with Crippen LogP contribution in [0.1, 0.15) is 50.9 Å². The molecule has 3 aromatic rings. The molecular formula is C26H29FN4OS2. The van der Waals surface area contributed by atoms with Gasteiger partial charge in [-0.05, 0) is 68.0 Å². The second-order valence-electron chi connectivity index (χ2n) is 8.48. The van der Waals surface area contributed by atoms with E-state index in [4.69, 9.17) is 17.2 Å². The normalized spacial score (nSPS) is 14.1. The maximum atomic E-state index is 13.9. The summed E-state index contributed by atoms with van der Waals surface area (Å²) < 4.78 is 13.9. The van der Waals surface area contributed by atoms with Crippen LogP contribution in [0, 0.1) is 12.7 Å². The molecule has 2 aromatic heterocycles. The van der Waals surface area contributed by atoms with Gasteiger partial charge in [0.05, 0.1) is 11.3 Å². The van der Waals surface area contributed by atoms with Crippen molar-refractivity contribution in [3.8, 4) is 0 Å². The van der Waals surface area contributed by atoms with Gasteiger partial charge in [0.25, 0.3) is 5.91 Å². The first kappa shape index (κ1) is 24.3. The molecule has 0 bridgehead atoms. The number of thiophene rings is 1. The average Bonchev–Trinajstić information content (AvgIpc) is 3.37. The zero-order chi connectivity index (χ0) is 23.9. The van der Waals surface area contributed by atoms with Crippen molar-refractivity contribution < 1.29 is 9.18 Å². The monoisotopic (exact) mass is 496 g/mol. The zero-order valence-electron chi connectivity index (χ0n) is 19.2. The van der Waals surface area contributed by atoms with Crippen LogP contribution in [0.3, 0.4) is 0 Å². The molecule has 2 N–H and O–H groups in total. The molecule has 4 rings (SSSR count). The molecule has 1 aliphatic rings. The SMILES string of the molecule is Cc1ccc(C(=O)NCCc2cccs2)c(C2CCN(C(=S)NCc3ccccc3F)CC2)n1. The van der Waals surface area contributed by atoms with Crippen LogP contribution in [-0.2, 0) is 13.0 Å². The van der Waals surface area contributed by atoms with Crippen molar-refractivity contribution in [3.05, 3.63) is 87.1 Å². The van der Waals surface area contributed by atoms with E-state index in [0.29, 0.717) is 29.3 Å². The third-order valence-corrected chi connectivity index (χ3v) is 7.44. The minimum Gasteiger partial charge on any atom is -0.358 e. The summed E-state index contributed by atoms with van der Waals surface area (Å²) in [6.45, 7) is 4.46. The Morgan fingerprint density at radius 1 is 1.15 bits per heavy atom. The summed E-state index contributed by atoms with van der Waals surface area (Å²) in [5.41, 5.74) is 3.04. The van der Waals surface area contributed by atoms with Gasteiger partial charge in [0.2, 0.25) is 0 Å². The van der Waals surface area contributed by atoms with Crippen molar-refractivity contribution in [2.75, 3.05) is 19.6 Å². The summed E-state index contributed by atoms with van der Waals surface area (Å²) in [5.74, 6) is -0.102. The summed E-state index contributed by atoms with van der Waals surface area (Å²) in [7, 11) is 0. The van der Waals surface area contributed by atoms with Crippen LogP contribution in [0.5, 0.6) is 0 Å². The number of rotatable bonds is 7. The molecule has 1 fully saturated rings. The Morgan fingerprint density at radius 2 is 1.94 bits per heavy atom. The number of hydrogen-bond acceptors (Lipinski definition) is 4. The lowest BCUT2D eigenvalue weighted by Crippen LogP contribution is -2.44. The number of nitrogens with zero attached hydrogens (tertiary/aromatic N) is 2. The Kier molecular flexibility index (Phi) is 8.24. The molecule has 8 heteroatoms. The smallest absolute Gasteiger partial charge is 0.253 e. The summed E-state index contributed by atoms with van der Waals surface area (Å²) >= 11 is 7.26. The molecule has 3 heterocycles. The molecule has 0 atom stereocenters. The summed E-state index contributed by atoms with van der Waals surface area (Å²) in [6, 6.07) is 14.6. The number of pyridine rings is 1. The van der Waals surface area contributed by atoms with E-state index in [1.807, 2.05) is 36.6 Å². The van der Waals surface area contributed by atoms with Gasteiger partial charge >= 0.3 is 0 Å². The van der Waals surface area contributed by atoms with Crippen LogP contribution >= 0.6 is 23.6 Å². The maximum Gasteiger partial charge on any atom is 0.253 e. The number of benzene rings is 1. The third kappa shape index (κ3) is 6.18. The molecule has 1 aromatic carbocycles. The van der Waals surface area contributed by atoms with Gasteiger partial charge in [0.15, 0.2) is 5.11 Å². The van der Waals surface area contributed by atoms with Gasteiger partial charge in [0, 0.05) is 48.2 Å². The molecule has 1 aliphatic heterocycles. The largest absolute Gasteiger partial charge is 0.358 e. The lowest BCUT2D eigenvalue weighted by Gasteiger charge is -2.34. The number of thiocarbonyl (C=S) groups is 1. The lowest BCUT2D eigenvalue weighted by molar-refractivity contribution is 0.0951. The molecule has 5 nitrogen and oxygen atoms in total. The molecule has 0 aliphatic carbocycles. The number of likely N-dealkylation sites (tertiary alicyclic amines) is 1. The molecular weight excluding hydrogens is 467 g/mol. The van der Waals surface area contributed by atoms with Crippen LogP contribution < -0.4 is 10.6 Å². The second-order valence-corrected chi connectivity index (χ2v) is 9.90. The van der Waals surface area contributed by atoms with E-state index < -0.39 is 0 Å². The Morgan fingerprint density at radius 3 is 2.68 bits per heavy atom. The van der Waals surface area contributed by atoms with Crippen LogP contribution in [0.15, 0.2) is 53.9 Å². The third-order valence-electron chi connectivity index (χ3n) is 6.10. The van der Waals surface area contributed by atoms with Crippen molar-refractivity contribution in [1.82, 2.24) is 20.5 Å². The summed E-state index contributed by atoms with van der Waals surface area (Å²) in [5, 5.41) is 8.91. The quantitative estimate of drug-likeness (QED) is 0.460. The number of carbonyl (C=O) groups excluding carboxylic acids is 1. The molecule has 1 saturated heterocycles. The number of hydrogen-bond donors (Lipinski definition) is 2. The summed E-state index contributed by atoms with van der Waals surface area (Å²) in [4.78, 5) is 21.1. The molecule has 0 spiro atoms. The number of aromatic nitrogens is 1. The highest BCUT2D eigenvalue weighted by molar-refractivity contribution is 7.80. The molecule has 0 unspecified atom stereocenters. The Hall–Kier alpha value is -2.84. The Balaban J connectivity index is 1.33. The van der Waals surface area contributed by atoms with Crippen LogP contribution in [0.25, 0.3) is 0 Å². The minimum absolute atomic E-state index is 0.0661. The number of nitrogens with one attached hydrogen (secondary N) is 2. The van der Waals surface area contributed by atoms with E-state index in [9.17, 15) is 9.18 Å². The molecule has 0 saturated carbocycles. The molecule has 34 heavy (non-hydrogen) atoms. The highest BCUT2D eigenvalue weighted by Gasteiger charge is 2.27. The van der Waals surface area contributed by atoms with E-state index in [2.05, 4.69) is 21.6 Å². The van der Waals surface area contributed by atoms with Gasteiger partial charge < -0.3 is 15.5 Å². The standard InChI is InChI=1S/C26H29FN4OS2/c1-18-8-9-22(25(32)28-13-10-21-6-4-16-34-21)24(30-18)19-11-14-31(15-12-19)26(33)29-17-20-5-2-3-7-23(20)27/h2-9,16,19H,10-15,17H2,1H3,(H,28,32)(H,29,33). The first-order valence-electron chi connectivity index (χ1n) is 11.6. The Labute approximate surface area is 209 Å². The maximum absolute atomic E-state index is 13.9. The van der Waals surface area contributed by atoms with Gasteiger partial charge in [-0.2, -0.15) is 0 Å². The minimum atomic E-state index is -0.233. The first-order chi connectivity index (χ1) is 16.5. The van der Waals surface area contributed by atoms with Crippen molar-refractivity contribution in [2.24, 2.45) is 0 Å². The van der Waals surface area contributed by atoms with E-state index in [1.165, 1.54) is 10.9 Å². The topological polar surface area (TPSA) is 57.3 Å². The van der Waals surface area contributed by atoms with Crippen molar-refractivity contribution in [1.29, 1.82) is 0 Å². The van der Waals surface area contributed by atoms with E-state index in [-0.39, 0.29) is 17.6 Å². The number of amides is 1. The van der Waals surface area contributed by atoms with Gasteiger partial charge in [-0.3, -0.25) is 9.78 Å². The zero-order valence-corrected chi connectivity index (χ0v) is 20.9.